The molecule has 0 spiro atoms. The van der Waals surface area contributed by atoms with Gasteiger partial charge in [0.2, 0.25) is 0 Å². The fourth-order valence-electron chi connectivity index (χ4n) is 7.12. The van der Waals surface area contributed by atoms with Crippen LogP contribution in [0.4, 0.5) is 0 Å². The molecule has 0 saturated heterocycles. The second-order valence-corrected chi connectivity index (χ2v) is 19.1. The molecule has 0 fully saturated rings. The summed E-state index contributed by atoms with van der Waals surface area (Å²) in [6.45, 7) is 9.33. The highest BCUT2D eigenvalue weighted by Crippen LogP contribution is 2.28. The van der Waals surface area contributed by atoms with E-state index in [9.17, 15) is 0 Å². The highest BCUT2D eigenvalue weighted by molar-refractivity contribution is 6.89. The molecule has 0 N–H and O–H groups in total. The van der Waals surface area contributed by atoms with E-state index in [1.54, 1.807) is 0 Å². The van der Waals surface area contributed by atoms with E-state index in [4.69, 9.17) is 0 Å². The molecule has 0 aromatic carbocycles. The van der Waals surface area contributed by atoms with Gasteiger partial charge in [-0.3, -0.25) is 0 Å². The van der Waals surface area contributed by atoms with E-state index in [0.717, 1.165) is 0 Å². The first-order valence-corrected chi connectivity index (χ1v) is 24.2. The Morgan fingerprint density at radius 1 is 0.267 bits per heavy atom. The van der Waals surface area contributed by atoms with Gasteiger partial charge in [0.15, 0.2) is 0 Å². The molecule has 0 aromatic rings. The van der Waals surface area contributed by atoms with Crippen molar-refractivity contribution in [1.82, 2.24) is 0 Å². The minimum absolute atomic E-state index is 1.32. The number of allylic oxidation sites excluding steroid dienone is 2. The fraction of sp³-hybridized carbons (Fsp3) is 0.909. The van der Waals surface area contributed by atoms with Crippen molar-refractivity contribution >= 4 is 8.07 Å². The molecule has 0 bridgehead atoms. The zero-order chi connectivity index (χ0) is 32.8. The number of hydrogen-bond donors (Lipinski definition) is 0. The van der Waals surface area contributed by atoms with Gasteiger partial charge in [-0.1, -0.05) is 256 Å². The zero-order valence-corrected chi connectivity index (χ0v) is 33.3. The van der Waals surface area contributed by atoms with Crippen LogP contribution in [0.15, 0.2) is 23.6 Å². The van der Waals surface area contributed by atoms with Crippen molar-refractivity contribution in [1.29, 1.82) is 0 Å². The summed E-state index contributed by atoms with van der Waals surface area (Å²) in [5.41, 5.74) is 5.71. The van der Waals surface area contributed by atoms with Crippen LogP contribution in [-0.4, -0.2) is 8.07 Å². The summed E-state index contributed by atoms with van der Waals surface area (Å²) in [7, 11) is -1.49. The molecule has 1 heteroatoms. The second-order valence-electron chi connectivity index (χ2n) is 15.0. The van der Waals surface area contributed by atoms with E-state index in [0.29, 0.717) is 0 Å². The minimum atomic E-state index is -1.49. The molecule has 0 nitrogen and oxygen atoms in total. The van der Waals surface area contributed by atoms with Crippen molar-refractivity contribution in [3.63, 3.8) is 0 Å². The van der Waals surface area contributed by atoms with Crippen LogP contribution in [0.2, 0.25) is 12.1 Å². The largest absolute Gasteiger partial charge is 0.101 e. The topological polar surface area (TPSA) is 0 Å². The lowest BCUT2D eigenvalue weighted by molar-refractivity contribution is 0.557. The van der Waals surface area contributed by atoms with Gasteiger partial charge in [-0.15, -0.1) is 0 Å². The third kappa shape index (κ3) is 33.4. The van der Waals surface area contributed by atoms with E-state index < -0.39 is 8.07 Å². The third-order valence-electron chi connectivity index (χ3n) is 10.3. The van der Waals surface area contributed by atoms with Crippen molar-refractivity contribution in [2.45, 2.75) is 258 Å². The monoisotopic (exact) mass is 645 g/mol. The molecule has 0 aliphatic rings. The first-order valence-electron chi connectivity index (χ1n) is 21.6. The van der Waals surface area contributed by atoms with Gasteiger partial charge in [0.25, 0.3) is 0 Å². The molecule has 0 aromatic heterocycles. The van der Waals surface area contributed by atoms with Crippen LogP contribution in [0.5, 0.6) is 0 Å². The molecule has 0 rings (SSSR count). The van der Waals surface area contributed by atoms with Crippen molar-refractivity contribution in [2.24, 2.45) is 0 Å². The van der Waals surface area contributed by atoms with Gasteiger partial charge >= 0.3 is 0 Å². The maximum atomic E-state index is 2.86. The average Bonchev–Trinajstić information content (AvgIpc) is 3.05. The first kappa shape index (κ1) is 44.7. The summed E-state index contributed by atoms with van der Waals surface area (Å²) < 4.78 is 0. The smallest absolute Gasteiger partial charge is 0.0944 e. The number of rotatable bonds is 38. The Bertz CT molecular complexity index is 538. The van der Waals surface area contributed by atoms with Gasteiger partial charge in [-0.2, -0.15) is 0 Å². The highest BCUT2D eigenvalue weighted by atomic mass is 28.3. The molecular weight excluding hydrogens is 557 g/mol. The van der Waals surface area contributed by atoms with E-state index in [1.807, 2.05) is 0 Å². The van der Waals surface area contributed by atoms with Crippen LogP contribution in [0.1, 0.15) is 246 Å². The van der Waals surface area contributed by atoms with Crippen molar-refractivity contribution in [3.8, 4) is 0 Å². The van der Waals surface area contributed by atoms with Crippen LogP contribution in [-0.2, 0) is 0 Å². The lowest BCUT2D eigenvalue weighted by atomic mass is 10.1. The van der Waals surface area contributed by atoms with Crippen molar-refractivity contribution in [2.75, 3.05) is 0 Å². The van der Waals surface area contributed by atoms with Crippen molar-refractivity contribution in [3.05, 3.63) is 23.6 Å². The fourth-order valence-corrected chi connectivity index (χ4v) is 11.2. The molecule has 268 valence electrons. The Balaban J connectivity index is 4.86. The SMILES string of the molecule is CCCCCCCCCCCC/C=C/[Si](/C=C/CCCCCCCCCCCC)(CCCCCCCC)CCCCCCCC. The standard InChI is InChI=1S/C44H88Si/c1-5-9-13-17-21-23-25-27-29-31-35-39-43-45(41-37-33-19-15-11-7-3,42-38-34-20-16-12-8-4)44-40-36-32-30-28-26-24-22-18-14-10-6-2/h39-40,43-44H,5-38,41-42H2,1-4H3/b43-39+,44-40+. The summed E-state index contributed by atoms with van der Waals surface area (Å²) in [4.78, 5) is 0. The summed E-state index contributed by atoms with van der Waals surface area (Å²) in [5, 5.41) is 0. The minimum Gasteiger partial charge on any atom is -0.0944 e. The first-order chi connectivity index (χ1) is 22.2. The Labute approximate surface area is 288 Å². The maximum Gasteiger partial charge on any atom is 0.101 e. The summed E-state index contributed by atoms with van der Waals surface area (Å²) in [5.74, 6) is 0. The Kier molecular flexibility index (Phi) is 37.9. The molecule has 0 aliphatic carbocycles. The lowest BCUT2D eigenvalue weighted by Crippen LogP contribution is -2.30. The average molecular weight is 645 g/mol. The maximum absolute atomic E-state index is 2.86. The Hall–Kier alpha value is -0.303. The molecule has 0 unspecified atom stereocenters. The lowest BCUT2D eigenvalue weighted by Gasteiger charge is -2.26. The number of hydrogen-bond acceptors (Lipinski definition) is 0. The van der Waals surface area contributed by atoms with Gasteiger partial charge in [0.05, 0.1) is 0 Å². The van der Waals surface area contributed by atoms with E-state index in [1.165, 1.54) is 230 Å². The molecule has 0 amide bonds. The normalized spacial score (nSPS) is 12.4. The third-order valence-corrected chi connectivity index (χ3v) is 14.7. The Morgan fingerprint density at radius 3 is 0.756 bits per heavy atom. The molecule has 0 saturated carbocycles. The molecule has 0 aliphatic heterocycles. The van der Waals surface area contributed by atoms with Gasteiger partial charge in [-0.25, -0.2) is 0 Å². The van der Waals surface area contributed by atoms with Gasteiger partial charge in [0, 0.05) is 0 Å². The van der Waals surface area contributed by atoms with E-state index in [-0.39, 0.29) is 0 Å². The van der Waals surface area contributed by atoms with Gasteiger partial charge in [0.1, 0.15) is 8.07 Å². The van der Waals surface area contributed by atoms with Crippen LogP contribution in [0.3, 0.4) is 0 Å². The van der Waals surface area contributed by atoms with Crippen LogP contribution >= 0.6 is 0 Å². The van der Waals surface area contributed by atoms with Crippen LogP contribution in [0, 0.1) is 0 Å². The zero-order valence-electron chi connectivity index (χ0n) is 32.3. The molecule has 0 atom stereocenters. The second kappa shape index (κ2) is 38.1. The quantitative estimate of drug-likeness (QED) is 0.0463. The van der Waals surface area contributed by atoms with Gasteiger partial charge < -0.3 is 0 Å². The molecule has 0 radical (unpaired) electrons. The molecule has 0 heterocycles. The van der Waals surface area contributed by atoms with Crippen LogP contribution < -0.4 is 0 Å². The Morgan fingerprint density at radius 2 is 0.489 bits per heavy atom. The van der Waals surface area contributed by atoms with E-state index in [2.05, 4.69) is 51.2 Å². The molecule has 45 heavy (non-hydrogen) atoms. The highest BCUT2D eigenvalue weighted by Gasteiger charge is 2.25. The van der Waals surface area contributed by atoms with Crippen molar-refractivity contribution < 1.29 is 0 Å². The summed E-state index contributed by atoms with van der Waals surface area (Å²) in [6.07, 6.45) is 54.1. The van der Waals surface area contributed by atoms with Gasteiger partial charge in [-0.05, 0) is 25.7 Å². The van der Waals surface area contributed by atoms with Crippen LogP contribution in [0.25, 0.3) is 0 Å². The predicted molar refractivity (Wildman–Crippen MR) is 213 cm³/mol. The van der Waals surface area contributed by atoms with E-state index >= 15 is 0 Å². The molecular formula is C44H88Si. The number of unbranched alkanes of at least 4 members (excludes halogenated alkanes) is 30. The predicted octanol–water partition coefficient (Wildman–Crippen LogP) is 17.0. The summed E-state index contributed by atoms with van der Waals surface area (Å²) in [6, 6.07) is 3.02. The summed E-state index contributed by atoms with van der Waals surface area (Å²) >= 11 is 0.